The number of fused-ring (bicyclic) bond motifs is 1. The average molecular weight is 491 g/mol. The molecule has 0 fully saturated rings. The highest BCUT2D eigenvalue weighted by molar-refractivity contribution is 7.99. The molecular formula is C26H30N6O2S. The number of nitrogens with zero attached hydrogens (tertiary/aromatic N) is 4. The number of hydrogen-bond acceptors (Lipinski definition) is 5. The van der Waals surface area contributed by atoms with Crippen molar-refractivity contribution in [3.63, 3.8) is 0 Å². The Morgan fingerprint density at radius 1 is 1.14 bits per heavy atom. The van der Waals surface area contributed by atoms with Crippen molar-refractivity contribution in [3.8, 4) is 0 Å². The molecule has 0 atom stereocenters. The lowest BCUT2D eigenvalue weighted by molar-refractivity contribution is -0.118. The van der Waals surface area contributed by atoms with Crippen molar-refractivity contribution in [1.82, 2.24) is 24.4 Å². The highest BCUT2D eigenvalue weighted by Gasteiger charge is 2.20. The average Bonchev–Trinajstić information content (AvgIpc) is 3.38. The molecule has 4 rings (SSSR count). The van der Waals surface area contributed by atoms with Crippen molar-refractivity contribution in [1.29, 1.82) is 0 Å². The van der Waals surface area contributed by atoms with Crippen molar-refractivity contribution >= 4 is 40.3 Å². The summed E-state index contributed by atoms with van der Waals surface area (Å²) in [6.45, 7) is 6.67. The number of aryl methyl sites for hydroxylation is 2. The van der Waals surface area contributed by atoms with E-state index in [0.717, 1.165) is 22.1 Å². The molecule has 0 spiro atoms. The number of carbonyl (C=O) groups excluding carboxylic acids is 2. The molecule has 0 aliphatic carbocycles. The number of rotatable bonds is 9. The van der Waals surface area contributed by atoms with E-state index in [0.29, 0.717) is 35.6 Å². The smallest absolute Gasteiger partial charge is 0.253 e. The molecule has 4 aromatic rings. The second-order valence-corrected chi connectivity index (χ2v) is 9.75. The lowest BCUT2D eigenvalue weighted by Crippen LogP contribution is -2.27. The molecule has 0 bridgehead atoms. The van der Waals surface area contributed by atoms with E-state index in [9.17, 15) is 9.59 Å². The van der Waals surface area contributed by atoms with E-state index >= 15 is 0 Å². The zero-order chi connectivity index (χ0) is 24.9. The van der Waals surface area contributed by atoms with Gasteiger partial charge >= 0.3 is 0 Å². The Morgan fingerprint density at radius 3 is 2.60 bits per heavy atom. The molecule has 182 valence electrons. The van der Waals surface area contributed by atoms with Gasteiger partial charge in [0.2, 0.25) is 5.91 Å². The van der Waals surface area contributed by atoms with E-state index in [1.165, 1.54) is 0 Å². The van der Waals surface area contributed by atoms with E-state index in [-0.39, 0.29) is 17.7 Å². The van der Waals surface area contributed by atoms with Crippen molar-refractivity contribution in [2.75, 3.05) is 17.6 Å². The number of nitrogens with one attached hydrogen (secondary N) is 2. The molecule has 0 aliphatic heterocycles. The van der Waals surface area contributed by atoms with Gasteiger partial charge in [-0.25, -0.2) is 9.97 Å². The summed E-state index contributed by atoms with van der Waals surface area (Å²) in [5.41, 5.74) is 3.59. The molecule has 0 saturated heterocycles. The van der Waals surface area contributed by atoms with Crippen LogP contribution in [-0.2, 0) is 18.4 Å². The quantitative estimate of drug-likeness (QED) is 0.270. The normalized spacial score (nSPS) is 11.2. The summed E-state index contributed by atoms with van der Waals surface area (Å²) in [7, 11) is 1.94. The van der Waals surface area contributed by atoms with Crippen molar-refractivity contribution in [2.24, 2.45) is 13.0 Å². The maximum atomic E-state index is 13.4. The standard InChI is InChI=1S/C26H30N6O2S/c1-17(2)24(33)30-20-14-21(25(34)27-11-13-35-26-28-10-12-31(26)4)23-22(15-20)29-18(3)32(23)16-19-8-6-5-7-9-19/h5-10,12,14-15,17H,11,13,16H2,1-4H3,(H,27,34)(H,30,33). The molecule has 0 unspecified atom stereocenters. The first-order valence-electron chi connectivity index (χ1n) is 11.6. The number of imidazole rings is 2. The van der Waals surface area contributed by atoms with E-state index in [1.807, 2.05) is 62.8 Å². The summed E-state index contributed by atoms with van der Waals surface area (Å²) in [5.74, 6) is 0.998. The Morgan fingerprint density at radius 2 is 1.91 bits per heavy atom. The fourth-order valence-electron chi connectivity index (χ4n) is 3.77. The molecule has 0 saturated carbocycles. The third-order valence-electron chi connectivity index (χ3n) is 5.65. The van der Waals surface area contributed by atoms with Gasteiger partial charge in [-0.15, -0.1) is 0 Å². The molecule has 2 aromatic carbocycles. The second-order valence-electron chi connectivity index (χ2n) is 8.69. The van der Waals surface area contributed by atoms with Crippen molar-refractivity contribution < 1.29 is 9.59 Å². The lowest BCUT2D eigenvalue weighted by Gasteiger charge is -2.14. The summed E-state index contributed by atoms with van der Waals surface area (Å²) < 4.78 is 4.00. The van der Waals surface area contributed by atoms with Gasteiger partial charge in [0.25, 0.3) is 5.91 Å². The maximum absolute atomic E-state index is 13.4. The van der Waals surface area contributed by atoms with E-state index in [4.69, 9.17) is 4.98 Å². The Labute approximate surface area is 209 Å². The zero-order valence-electron chi connectivity index (χ0n) is 20.4. The van der Waals surface area contributed by atoms with E-state index < -0.39 is 0 Å². The summed E-state index contributed by atoms with van der Waals surface area (Å²) in [4.78, 5) is 34.7. The van der Waals surface area contributed by atoms with Gasteiger partial charge in [-0.2, -0.15) is 0 Å². The van der Waals surface area contributed by atoms with Crippen LogP contribution in [0.4, 0.5) is 5.69 Å². The van der Waals surface area contributed by atoms with E-state index in [2.05, 4.69) is 32.3 Å². The topological polar surface area (TPSA) is 93.8 Å². The fourth-order valence-corrected chi connectivity index (χ4v) is 4.56. The first-order chi connectivity index (χ1) is 16.8. The van der Waals surface area contributed by atoms with Gasteiger partial charge in [-0.1, -0.05) is 55.9 Å². The summed E-state index contributed by atoms with van der Waals surface area (Å²) in [6.07, 6.45) is 3.65. The summed E-state index contributed by atoms with van der Waals surface area (Å²) in [5, 5.41) is 6.84. The van der Waals surface area contributed by atoms with Crippen LogP contribution in [0.5, 0.6) is 0 Å². The number of aromatic nitrogens is 4. The van der Waals surface area contributed by atoms with Gasteiger partial charge in [-0.3, -0.25) is 9.59 Å². The molecule has 35 heavy (non-hydrogen) atoms. The van der Waals surface area contributed by atoms with Gasteiger partial charge < -0.3 is 19.8 Å². The molecule has 9 heteroatoms. The molecular weight excluding hydrogens is 460 g/mol. The molecule has 8 nitrogen and oxygen atoms in total. The molecule has 2 amide bonds. The number of anilines is 1. The SMILES string of the molecule is Cc1nc2cc(NC(=O)C(C)C)cc(C(=O)NCCSc3nccn3C)c2n1Cc1ccccc1. The number of carbonyl (C=O) groups is 2. The van der Waals surface area contributed by atoms with Crippen LogP contribution in [0.25, 0.3) is 11.0 Å². The highest BCUT2D eigenvalue weighted by atomic mass is 32.2. The third-order valence-corrected chi connectivity index (χ3v) is 6.71. The van der Waals surface area contributed by atoms with Crippen LogP contribution in [0.2, 0.25) is 0 Å². The predicted octanol–water partition coefficient (Wildman–Crippen LogP) is 4.24. The summed E-state index contributed by atoms with van der Waals surface area (Å²) in [6, 6.07) is 13.7. The van der Waals surface area contributed by atoms with Crippen LogP contribution in [0.3, 0.4) is 0 Å². The second kappa shape index (κ2) is 10.8. The van der Waals surface area contributed by atoms with Crippen LogP contribution in [0.15, 0.2) is 60.0 Å². The number of amides is 2. The zero-order valence-corrected chi connectivity index (χ0v) is 21.2. The Bertz CT molecular complexity index is 1340. The lowest BCUT2D eigenvalue weighted by atomic mass is 10.1. The molecule has 2 N–H and O–H groups in total. The molecule has 0 aliphatic rings. The first kappa shape index (κ1) is 24.5. The van der Waals surface area contributed by atoms with E-state index in [1.54, 1.807) is 24.0 Å². The fraction of sp³-hybridized carbons (Fsp3) is 0.308. The molecule has 2 aromatic heterocycles. The molecule has 0 radical (unpaired) electrons. The van der Waals surface area contributed by atoms with Gasteiger partial charge in [0, 0.05) is 49.9 Å². The number of thioether (sulfide) groups is 1. The largest absolute Gasteiger partial charge is 0.351 e. The van der Waals surface area contributed by atoms with Crippen LogP contribution in [0, 0.1) is 12.8 Å². The molecule has 2 heterocycles. The minimum absolute atomic E-state index is 0.109. The van der Waals surface area contributed by atoms with Crippen LogP contribution < -0.4 is 10.6 Å². The minimum Gasteiger partial charge on any atom is -0.351 e. The number of benzene rings is 2. The Kier molecular flexibility index (Phi) is 7.55. The summed E-state index contributed by atoms with van der Waals surface area (Å²) >= 11 is 1.58. The maximum Gasteiger partial charge on any atom is 0.253 e. The minimum atomic E-state index is -0.203. The van der Waals surface area contributed by atoms with Crippen LogP contribution in [0.1, 0.15) is 35.6 Å². The van der Waals surface area contributed by atoms with Gasteiger partial charge in [-0.05, 0) is 24.6 Å². The van der Waals surface area contributed by atoms with Crippen molar-refractivity contribution in [2.45, 2.75) is 32.5 Å². The van der Waals surface area contributed by atoms with Gasteiger partial charge in [0.1, 0.15) is 5.82 Å². The predicted molar refractivity (Wildman–Crippen MR) is 140 cm³/mol. The third kappa shape index (κ3) is 5.74. The Hall–Kier alpha value is -3.59. The highest BCUT2D eigenvalue weighted by Crippen LogP contribution is 2.27. The van der Waals surface area contributed by atoms with Crippen LogP contribution in [-0.4, -0.2) is 43.2 Å². The van der Waals surface area contributed by atoms with Gasteiger partial charge in [0.05, 0.1) is 16.6 Å². The van der Waals surface area contributed by atoms with Gasteiger partial charge in [0.15, 0.2) is 5.16 Å². The van der Waals surface area contributed by atoms with Crippen LogP contribution >= 0.6 is 11.8 Å². The van der Waals surface area contributed by atoms with Crippen molar-refractivity contribution in [3.05, 3.63) is 71.8 Å². The monoisotopic (exact) mass is 490 g/mol. The number of hydrogen-bond donors (Lipinski definition) is 2. The first-order valence-corrected chi connectivity index (χ1v) is 12.6. The Balaban J connectivity index is 1.63.